The lowest BCUT2D eigenvalue weighted by molar-refractivity contribution is 0.112. The van der Waals surface area contributed by atoms with Crippen molar-refractivity contribution < 1.29 is 4.79 Å². The summed E-state index contributed by atoms with van der Waals surface area (Å²) in [7, 11) is 0. The van der Waals surface area contributed by atoms with E-state index in [1.165, 1.54) is 11.3 Å². The minimum atomic E-state index is 0.562. The van der Waals surface area contributed by atoms with Gasteiger partial charge in [0.15, 0.2) is 6.29 Å². The number of anilines is 1. The molecule has 1 heterocycles. The number of thiophene rings is 1. The van der Waals surface area contributed by atoms with Crippen molar-refractivity contribution in [2.24, 2.45) is 0 Å². The zero-order valence-corrected chi connectivity index (χ0v) is 7.97. The fourth-order valence-corrected chi connectivity index (χ4v) is 2.28. The Labute approximate surface area is 84.4 Å². The van der Waals surface area contributed by atoms with E-state index in [9.17, 15) is 4.79 Å². The van der Waals surface area contributed by atoms with Crippen LogP contribution in [0, 0.1) is 11.3 Å². The Kier molecular flexibility index (Phi) is 1.95. The van der Waals surface area contributed by atoms with Gasteiger partial charge in [-0.1, -0.05) is 0 Å². The summed E-state index contributed by atoms with van der Waals surface area (Å²) in [4.78, 5) is 10.7. The van der Waals surface area contributed by atoms with E-state index < -0.39 is 0 Å². The Morgan fingerprint density at radius 2 is 2.29 bits per heavy atom. The summed E-state index contributed by atoms with van der Waals surface area (Å²) in [6.45, 7) is 0. The predicted molar refractivity (Wildman–Crippen MR) is 56.3 cm³/mol. The molecule has 0 aliphatic heterocycles. The number of hydrogen-bond donors (Lipinski definition) is 1. The summed E-state index contributed by atoms with van der Waals surface area (Å²) >= 11 is 1.33. The lowest BCUT2D eigenvalue weighted by Gasteiger charge is -1.94. The van der Waals surface area contributed by atoms with Crippen molar-refractivity contribution in [3.8, 4) is 6.07 Å². The number of nitriles is 1. The van der Waals surface area contributed by atoms with E-state index in [0.29, 0.717) is 16.1 Å². The van der Waals surface area contributed by atoms with Crippen molar-refractivity contribution in [2.75, 3.05) is 5.73 Å². The maximum Gasteiger partial charge on any atom is 0.150 e. The number of hydrogen-bond acceptors (Lipinski definition) is 4. The van der Waals surface area contributed by atoms with Crippen LogP contribution in [-0.4, -0.2) is 6.29 Å². The van der Waals surface area contributed by atoms with Crippen LogP contribution >= 0.6 is 11.3 Å². The topological polar surface area (TPSA) is 66.9 Å². The summed E-state index contributed by atoms with van der Waals surface area (Å²) < 4.78 is 0.787. The van der Waals surface area contributed by atoms with E-state index in [-0.39, 0.29) is 0 Å². The van der Waals surface area contributed by atoms with Gasteiger partial charge < -0.3 is 5.73 Å². The third-order valence-electron chi connectivity index (χ3n) is 1.98. The molecule has 0 bridgehead atoms. The Hall–Kier alpha value is -1.86. The van der Waals surface area contributed by atoms with E-state index in [1.54, 1.807) is 18.2 Å². The first-order chi connectivity index (χ1) is 6.76. The molecule has 0 spiro atoms. The molecule has 0 radical (unpaired) electrons. The number of nitrogens with two attached hydrogens (primary N) is 1. The second-order valence-corrected chi connectivity index (χ2v) is 3.91. The molecule has 4 heteroatoms. The first-order valence-electron chi connectivity index (χ1n) is 3.93. The third kappa shape index (κ3) is 1.15. The molecule has 3 nitrogen and oxygen atoms in total. The molecule has 0 unspecified atom stereocenters. The van der Waals surface area contributed by atoms with E-state index in [1.807, 2.05) is 0 Å². The summed E-state index contributed by atoms with van der Waals surface area (Å²) in [6.07, 6.45) is 0.773. The average molecular weight is 202 g/mol. The van der Waals surface area contributed by atoms with Crippen molar-refractivity contribution >= 4 is 32.7 Å². The Bertz CT molecular complexity index is 551. The number of rotatable bonds is 1. The number of nitrogens with zero attached hydrogens (tertiary/aromatic N) is 1. The van der Waals surface area contributed by atoms with E-state index >= 15 is 0 Å². The normalized spacial score (nSPS) is 9.93. The van der Waals surface area contributed by atoms with Crippen molar-refractivity contribution in [1.82, 2.24) is 0 Å². The fourth-order valence-electron chi connectivity index (χ4n) is 1.35. The third-order valence-corrected chi connectivity index (χ3v) is 2.98. The second kappa shape index (κ2) is 3.13. The molecule has 0 fully saturated rings. The zero-order chi connectivity index (χ0) is 10.1. The molecule has 2 rings (SSSR count). The molecule has 0 saturated carbocycles. The maximum absolute atomic E-state index is 10.7. The van der Waals surface area contributed by atoms with Gasteiger partial charge in [0, 0.05) is 10.9 Å². The fraction of sp³-hybridized carbons (Fsp3) is 0. The van der Waals surface area contributed by atoms with Gasteiger partial charge in [0.2, 0.25) is 0 Å². The van der Waals surface area contributed by atoms with Crippen molar-refractivity contribution in [1.29, 1.82) is 5.26 Å². The van der Waals surface area contributed by atoms with Crippen LogP contribution in [0.5, 0.6) is 0 Å². The molecule has 14 heavy (non-hydrogen) atoms. The highest BCUT2D eigenvalue weighted by Crippen LogP contribution is 2.32. The predicted octanol–water partition coefficient (Wildman–Crippen LogP) is 2.17. The highest BCUT2D eigenvalue weighted by Gasteiger charge is 2.08. The Morgan fingerprint density at radius 1 is 1.50 bits per heavy atom. The summed E-state index contributed by atoms with van der Waals surface area (Å²) in [5.74, 6) is 0. The number of aldehydes is 1. The molecule has 1 aromatic carbocycles. The number of carbonyl (C=O) groups excluding carboxylic acids is 1. The van der Waals surface area contributed by atoms with Gasteiger partial charge in [-0.3, -0.25) is 4.79 Å². The van der Waals surface area contributed by atoms with E-state index in [2.05, 4.69) is 6.07 Å². The van der Waals surface area contributed by atoms with Gasteiger partial charge in [0.05, 0.1) is 15.3 Å². The van der Waals surface area contributed by atoms with E-state index in [4.69, 9.17) is 11.0 Å². The van der Waals surface area contributed by atoms with Gasteiger partial charge >= 0.3 is 0 Å². The molecule has 0 atom stereocenters. The summed E-state index contributed by atoms with van der Waals surface area (Å²) in [6, 6.07) is 7.08. The van der Waals surface area contributed by atoms with Crippen LogP contribution in [0.3, 0.4) is 0 Å². The lowest BCUT2D eigenvalue weighted by atomic mass is 10.1. The molecular weight excluding hydrogens is 196 g/mol. The van der Waals surface area contributed by atoms with E-state index in [0.717, 1.165) is 16.4 Å². The van der Waals surface area contributed by atoms with Crippen LogP contribution in [-0.2, 0) is 0 Å². The van der Waals surface area contributed by atoms with Crippen LogP contribution in [0.15, 0.2) is 18.2 Å². The zero-order valence-electron chi connectivity index (χ0n) is 7.15. The largest absolute Gasteiger partial charge is 0.391 e. The van der Waals surface area contributed by atoms with Gasteiger partial charge in [-0.15, -0.1) is 11.3 Å². The summed E-state index contributed by atoms with van der Waals surface area (Å²) in [5, 5.41) is 10.2. The Balaban J connectivity index is 2.92. The van der Waals surface area contributed by atoms with Crippen molar-refractivity contribution in [3.63, 3.8) is 0 Å². The van der Waals surface area contributed by atoms with Gasteiger partial charge in [0.25, 0.3) is 0 Å². The highest BCUT2D eigenvalue weighted by atomic mass is 32.1. The monoisotopic (exact) mass is 202 g/mol. The van der Waals surface area contributed by atoms with Crippen molar-refractivity contribution in [2.45, 2.75) is 0 Å². The molecule has 2 N–H and O–H groups in total. The SMILES string of the molecule is N#Cc1ccc(C=O)c2cc(N)sc12. The highest BCUT2D eigenvalue weighted by molar-refractivity contribution is 7.22. The molecule has 2 aromatic rings. The molecule has 0 aliphatic carbocycles. The number of fused-ring (bicyclic) bond motifs is 1. The Morgan fingerprint density at radius 3 is 2.93 bits per heavy atom. The van der Waals surface area contributed by atoms with Gasteiger partial charge in [-0.2, -0.15) is 5.26 Å². The molecule has 0 aliphatic rings. The summed E-state index contributed by atoms with van der Waals surface area (Å²) in [5.41, 5.74) is 6.77. The smallest absolute Gasteiger partial charge is 0.150 e. The molecule has 68 valence electrons. The van der Waals surface area contributed by atoms with Gasteiger partial charge in [-0.25, -0.2) is 0 Å². The standard InChI is InChI=1S/C10H6N2OS/c11-4-6-1-2-7(5-13)8-3-9(12)14-10(6)8/h1-3,5H,12H2. The first-order valence-corrected chi connectivity index (χ1v) is 4.75. The molecule has 0 amide bonds. The first kappa shape index (κ1) is 8.73. The van der Waals surface area contributed by atoms with Crippen LogP contribution in [0.2, 0.25) is 0 Å². The average Bonchev–Trinajstić information content (AvgIpc) is 2.57. The number of nitrogen functional groups attached to an aromatic ring is 1. The van der Waals surface area contributed by atoms with Crippen molar-refractivity contribution in [3.05, 3.63) is 29.3 Å². The molecule has 0 saturated heterocycles. The minimum absolute atomic E-state index is 0.562. The minimum Gasteiger partial charge on any atom is -0.391 e. The van der Waals surface area contributed by atoms with Gasteiger partial charge in [-0.05, 0) is 18.2 Å². The molecule has 1 aromatic heterocycles. The number of carbonyl (C=O) groups is 1. The van der Waals surface area contributed by atoms with Crippen LogP contribution in [0.4, 0.5) is 5.00 Å². The van der Waals surface area contributed by atoms with Gasteiger partial charge in [0.1, 0.15) is 6.07 Å². The van der Waals surface area contributed by atoms with Crippen LogP contribution < -0.4 is 5.73 Å². The molecular formula is C10H6N2OS. The quantitative estimate of drug-likeness (QED) is 0.720. The second-order valence-electron chi connectivity index (χ2n) is 2.82. The maximum atomic E-state index is 10.7. The van der Waals surface area contributed by atoms with Crippen LogP contribution in [0.25, 0.3) is 10.1 Å². The number of benzene rings is 1. The lowest BCUT2D eigenvalue weighted by Crippen LogP contribution is -1.82. The van der Waals surface area contributed by atoms with Crippen LogP contribution in [0.1, 0.15) is 15.9 Å².